The van der Waals surface area contributed by atoms with Crippen LogP contribution >= 0.6 is 23.2 Å². The zero-order chi connectivity index (χ0) is 15.6. The maximum atomic E-state index is 12.4. The summed E-state index contributed by atoms with van der Waals surface area (Å²) in [5.74, 6) is -0.0900. The molecule has 8 heteroatoms. The first-order valence-corrected chi connectivity index (χ1v) is 7.93. The van der Waals surface area contributed by atoms with Gasteiger partial charge in [0, 0.05) is 5.02 Å². The third-order valence-electron chi connectivity index (χ3n) is 2.64. The zero-order valence-corrected chi connectivity index (χ0v) is 13.1. The van der Waals surface area contributed by atoms with Crippen molar-refractivity contribution >= 4 is 38.9 Å². The fourth-order valence-electron chi connectivity index (χ4n) is 1.66. The van der Waals surface area contributed by atoms with Crippen molar-refractivity contribution in [3.8, 4) is 11.5 Å². The molecule has 0 amide bonds. The first-order chi connectivity index (χ1) is 9.85. The maximum absolute atomic E-state index is 12.4. The Balaban J connectivity index is 2.50. The molecule has 0 aliphatic carbocycles. The lowest BCUT2D eigenvalue weighted by Crippen LogP contribution is -2.14. The number of ether oxygens (including phenoxy) is 1. The van der Waals surface area contributed by atoms with E-state index in [9.17, 15) is 13.5 Å². The van der Waals surface area contributed by atoms with Gasteiger partial charge in [-0.1, -0.05) is 29.3 Å². The molecule has 0 bridgehead atoms. The molecule has 0 radical (unpaired) electrons. The average Bonchev–Trinajstić information content (AvgIpc) is 2.43. The van der Waals surface area contributed by atoms with E-state index < -0.39 is 10.0 Å². The number of methoxy groups -OCH3 is 1. The van der Waals surface area contributed by atoms with Gasteiger partial charge in [-0.05, 0) is 30.3 Å². The molecule has 112 valence electrons. The monoisotopic (exact) mass is 347 g/mol. The van der Waals surface area contributed by atoms with Crippen LogP contribution in [0.2, 0.25) is 10.0 Å². The summed E-state index contributed by atoms with van der Waals surface area (Å²) in [6, 6.07) is 8.44. The highest BCUT2D eigenvalue weighted by Crippen LogP contribution is 2.36. The minimum Gasteiger partial charge on any atom is -0.506 e. The van der Waals surface area contributed by atoms with E-state index in [1.54, 1.807) is 0 Å². The van der Waals surface area contributed by atoms with Gasteiger partial charge in [-0.15, -0.1) is 0 Å². The molecule has 0 aromatic heterocycles. The number of benzene rings is 2. The van der Waals surface area contributed by atoms with Gasteiger partial charge in [-0.3, -0.25) is 4.72 Å². The Morgan fingerprint density at radius 2 is 1.90 bits per heavy atom. The second-order valence-corrected chi connectivity index (χ2v) is 6.53. The number of hydrogen-bond acceptors (Lipinski definition) is 4. The van der Waals surface area contributed by atoms with Gasteiger partial charge >= 0.3 is 0 Å². The summed E-state index contributed by atoms with van der Waals surface area (Å²) in [6.45, 7) is 0. The standard InChI is InChI=1S/C13H11Cl2NO4S/c1-20-11-4-2-3-10(17)13(11)16-21(18,19)12-7-8(14)5-6-9(12)15/h2-7,16-17H,1H3. The number of rotatable bonds is 4. The lowest BCUT2D eigenvalue weighted by Gasteiger charge is -2.14. The Bertz CT molecular complexity index is 778. The molecule has 0 spiro atoms. The number of hydrogen-bond donors (Lipinski definition) is 2. The number of sulfonamides is 1. The normalized spacial score (nSPS) is 11.2. The van der Waals surface area contributed by atoms with Gasteiger partial charge in [0.05, 0.1) is 12.1 Å². The molecular formula is C13H11Cl2NO4S. The minimum absolute atomic E-state index is 0.0151. The largest absolute Gasteiger partial charge is 0.506 e. The number of nitrogens with one attached hydrogen (secondary N) is 1. The van der Waals surface area contributed by atoms with Gasteiger partial charge in [0.2, 0.25) is 0 Å². The van der Waals surface area contributed by atoms with E-state index >= 15 is 0 Å². The highest BCUT2D eigenvalue weighted by Gasteiger charge is 2.22. The van der Waals surface area contributed by atoms with E-state index in [1.807, 2.05) is 0 Å². The summed E-state index contributed by atoms with van der Waals surface area (Å²) >= 11 is 11.7. The van der Waals surface area contributed by atoms with Crippen molar-refractivity contribution in [1.82, 2.24) is 0 Å². The summed E-state index contributed by atoms with van der Waals surface area (Å²) < 4.78 is 32.0. The molecular weight excluding hydrogens is 337 g/mol. The van der Waals surface area contributed by atoms with Crippen LogP contribution in [0.4, 0.5) is 5.69 Å². The zero-order valence-electron chi connectivity index (χ0n) is 10.8. The Kier molecular flexibility index (Phi) is 4.51. The fourth-order valence-corrected chi connectivity index (χ4v) is 3.51. The predicted molar refractivity (Wildman–Crippen MR) is 81.9 cm³/mol. The number of halogens is 2. The van der Waals surface area contributed by atoms with Gasteiger partial charge in [-0.2, -0.15) is 0 Å². The topological polar surface area (TPSA) is 75.6 Å². The van der Waals surface area contributed by atoms with Gasteiger partial charge in [0.1, 0.15) is 22.1 Å². The van der Waals surface area contributed by atoms with Crippen LogP contribution in [0.5, 0.6) is 11.5 Å². The predicted octanol–water partition coefficient (Wildman–Crippen LogP) is 3.51. The minimum atomic E-state index is -4.03. The molecule has 0 aliphatic rings. The molecule has 5 nitrogen and oxygen atoms in total. The first kappa shape index (κ1) is 15.8. The van der Waals surface area contributed by atoms with Crippen LogP contribution in [0.1, 0.15) is 0 Å². The summed E-state index contributed by atoms with van der Waals surface area (Å²) in [6.07, 6.45) is 0. The smallest absolute Gasteiger partial charge is 0.263 e. The highest BCUT2D eigenvalue weighted by atomic mass is 35.5. The number of phenolic OH excluding ortho intramolecular Hbond substituents is 1. The van der Waals surface area contributed by atoms with Crippen molar-refractivity contribution in [2.45, 2.75) is 4.90 Å². The van der Waals surface area contributed by atoms with E-state index in [4.69, 9.17) is 27.9 Å². The molecule has 2 rings (SSSR count). The molecule has 21 heavy (non-hydrogen) atoms. The molecule has 0 fully saturated rings. The molecule has 0 aliphatic heterocycles. The SMILES string of the molecule is COc1cccc(O)c1NS(=O)(=O)c1cc(Cl)ccc1Cl. The van der Waals surface area contributed by atoms with E-state index in [1.165, 1.54) is 43.5 Å². The molecule has 0 unspecified atom stereocenters. The summed E-state index contributed by atoms with van der Waals surface area (Å²) in [5, 5.41) is 10.0. The first-order valence-electron chi connectivity index (χ1n) is 5.69. The van der Waals surface area contributed by atoms with E-state index in [2.05, 4.69) is 4.72 Å². The van der Waals surface area contributed by atoms with Crippen LogP contribution in [-0.4, -0.2) is 20.6 Å². The van der Waals surface area contributed by atoms with Crippen molar-refractivity contribution in [2.75, 3.05) is 11.8 Å². The van der Waals surface area contributed by atoms with Crippen LogP contribution in [0.3, 0.4) is 0 Å². The van der Waals surface area contributed by atoms with Gasteiger partial charge < -0.3 is 9.84 Å². The van der Waals surface area contributed by atoms with Gasteiger partial charge in [-0.25, -0.2) is 8.42 Å². The van der Waals surface area contributed by atoms with Crippen LogP contribution in [0.15, 0.2) is 41.3 Å². The quantitative estimate of drug-likeness (QED) is 0.829. The Labute approximate surface area is 132 Å². The number of anilines is 1. The summed E-state index contributed by atoms with van der Waals surface area (Å²) in [4.78, 5) is -0.193. The number of para-hydroxylation sites is 1. The Morgan fingerprint density at radius 3 is 2.57 bits per heavy atom. The molecule has 0 atom stereocenters. The average molecular weight is 348 g/mol. The summed E-state index contributed by atoms with van der Waals surface area (Å²) in [7, 11) is -2.67. The second kappa shape index (κ2) is 6.01. The lowest BCUT2D eigenvalue weighted by molar-refractivity contribution is 0.411. The van der Waals surface area contributed by atoms with Crippen molar-refractivity contribution in [1.29, 1.82) is 0 Å². The van der Waals surface area contributed by atoms with E-state index in [-0.39, 0.29) is 32.1 Å². The fraction of sp³-hybridized carbons (Fsp3) is 0.0769. The lowest BCUT2D eigenvalue weighted by atomic mass is 10.3. The molecule has 2 N–H and O–H groups in total. The molecule has 0 saturated carbocycles. The molecule has 2 aromatic carbocycles. The maximum Gasteiger partial charge on any atom is 0.263 e. The summed E-state index contributed by atoms with van der Waals surface area (Å²) in [5.41, 5.74) is -0.0731. The molecule has 0 heterocycles. The van der Waals surface area contributed by atoms with Crippen LogP contribution in [0.25, 0.3) is 0 Å². The third kappa shape index (κ3) is 3.34. The third-order valence-corrected chi connectivity index (χ3v) is 4.71. The second-order valence-electron chi connectivity index (χ2n) is 4.03. The van der Waals surface area contributed by atoms with Crippen LogP contribution < -0.4 is 9.46 Å². The number of aromatic hydroxyl groups is 1. The van der Waals surface area contributed by atoms with E-state index in [0.717, 1.165) is 0 Å². The molecule has 0 saturated heterocycles. The van der Waals surface area contributed by atoms with Crippen LogP contribution in [-0.2, 0) is 10.0 Å². The Hall–Kier alpha value is -1.63. The highest BCUT2D eigenvalue weighted by molar-refractivity contribution is 7.92. The van der Waals surface area contributed by atoms with Crippen molar-refractivity contribution in [3.05, 3.63) is 46.4 Å². The van der Waals surface area contributed by atoms with Gasteiger partial charge in [0.25, 0.3) is 10.0 Å². The van der Waals surface area contributed by atoms with Gasteiger partial charge in [0.15, 0.2) is 0 Å². The van der Waals surface area contributed by atoms with Crippen molar-refractivity contribution in [3.63, 3.8) is 0 Å². The van der Waals surface area contributed by atoms with Crippen LogP contribution in [0, 0.1) is 0 Å². The molecule has 2 aromatic rings. The Morgan fingerprint density at radius 1 is 1.19 bits per heavy atom. The van der Waals surface area contributed by atoms with Crippen molar-refractivity contribution < 1.29 is 18.3 Å². The van der Waals surface area contributed by atoms with E-state index in [0.29, 0.717) is 0 Å². The number of phenols is 1. The van der Waals surface area contributed by atoms with Crippen molar-refractivity contribution in [2.24, 2.45) is 0 Å².